The lowest BCUT2D eigenvalue weighted by molar-refractivity contribution is -0.151. The van der Waals surface area contributed by atoms with Crippen LogP contribution in [0.2, 0.25) is 0 Å². The second-order valence-corrected chi connectivity index (χ2v) is 4.68. The Morgan fingerprint density at radius 3 is 2.42 bits per heavy atom. The highest BCUT2D eigenvalue weighted by atomic mass is 16.6. The number of benzene rings is 1. The molecule has 3 heteroatoms. The summed E-state index contributed by atoms with van der Waals surface area (Å²) in [6, 6.07) is 7.88. The molecule has 0 aliphatic heterocycles. The van der Waals surface area contributed by atoms with Gasteiger partial charge in [0.15, 0.2) is 6.10 Å². The van der Waals surface area contributed by atoms with Crippen molar-refractivity contribution in [1.82, 2.24) is 0 Å². The van der Waals surface area contributed by atoms with E-state index in [0.717, 1.165) is 25.7 Å². The average molecular weight is 264 g/mol. The van der Waals surface area contributed by atoms with Crippen molar-refractivity contribution in [2.24, 2.45) is 0 Å². The summed E-state index contributed by atoms with van der Waals surface area (Å²) in [5.74, 6) is 0.408. The molecule has 1 aromatic carbocycles. The Labute approximate surface area is 115 Å². The predicted octanol–water partition coefficient (Wildman–Crippen LogP) is 3.75. The highest BCUT2D eigenvalue weighted by Crippen LogP contribution is 2.15. The number of hydrogen-bond acceptors (Lipinski definition) is 3. The van der Waals surface area contributed by atoms with Crippen LogP contribution in [0, 0.1) is 0 Å². The van der Waals surface area contributed by atoms with Gasteiger partial charge in [0.05, 0.1) is 6.61 Å². The summed E-state index contributed by atoms with van der Waals surface area (Å²) in [6.07, 6.45) is 3.54. The van der Waals surface area contributed by atoms with Crippen LogP contribution in [-0.4, -0.2) is 18.7 Å². The summed E-state index contributed by atoms with van der Waals surface area (Å²) >= 11 is 0. The molecule has 1 aromatic rings. The molecule has 0 aromatic heterocycles. The van der Waals surface area contributed by atoms with Crippen molar-refractivity contribution in [3.63, 3.8) is 0 Å². The number of unbranched alkanes of at least 4 members (excludes halogenated alkanes) is 1. The van der Waals surface area contributed by atoms with E-state index in [2.05, 4.69) is 13.8 Å². The van der Waals surface area contributed by atoms with Gasteiger partial charge in [-0.15, -0.1) is 0 Å². The lowest BCUT2D eigenvalue weighted by Gasteiger charge is -2.14. The van der Waals surface area contributed by atoms with Gasteiger partial charge in [-0.1, -0.05) is 38.8 Å². The van der Waals surface area contributed by atoms with Gasteiger partial charge in [0.1, 0.15) is 5.75 Å². The maximum absolute atomic E-state index is 11.6. The van der Waals surface area contributed by atoms with Crippen molar-refractivity contribution in [1.29, 1.82) is 0 Å². The zero-order valence-corrected chi connectivity index (χ0v) is 12.1. The second-order valence-electron chi connectivity index (χ2n) is 4.68. The molecule has 19 heavy (non-hydrogen) atoms. The predicted molar refractivity (Wildman–Crippen MR) is 76.4 cm³/mol. The smallest absolute Gasteiger partial charge is 0.347 e. The third-order valence-electron chi connectivity index (χ3n) is 2.85. The molecule has 0 radical (unpaired) electrons. The van der Waals surface area contributed by atoms with E-state index in [1.54, 1.807) is 6.92 Å². The number of aryl methyl sites for hydroxylation is 1. The minimum atomic E-state index is -0.561. The van der Waals surface area contributed by atoms with Crippen LogP contribution < -0.4 is 4.74 Å². The largest absolute Gasteiger partial charge is 0.479 e. The van der Waals surface area contributed by atoms with Crippen LogP contribution in [0.4, 0.5) is 0 Å². The molecular formula is C16H24O3. The van der Waals surface area contributed by atoms with Crippen molar-refractivity contribution in [2.75, 3.05) is 6.61 Å². The summed E-state index contributed by atoms with van der Waals surface area (Å²) in [5.41, 5.74) is 1.29. The molecule has 0 heterocycles. The van der Waals surface area contributed by atoms with E-state index in [9.17, 15) is 4.79 Å². The quantitative estimate of drug-likeness (QED) is 0.530. The SMILES string of the molecule is CCCCOC(=O)[C@@H](C)Oc1ccc(CCC)cc1. The molecule has 0 aliphatic rings. The van der Waals surface area contributed by atoms with Crippen LogP contribution in [0.5, 0.6) is 5.75 Å². The monoisotopic (exact) mass is 264 g/mol. The molecule has 1 rings (SSSR count). The highest BCUT2D eigenvalue weighted by molar-refractivity contribution is 5.74. The molecule has 0 unspecified atom stereocenters. The fourth-order valence-electron chi connectivity index (χ4n) is 1.71. The standard InChI is InChI=1S/C16H24O3/c1-4-6-12-18-16(17)13(3)19-15-10-8-14(7-5-2)9-11-15/h8-11,13H,4-7,12H2,1-3H3/t13-/m1/s1. The maximum Gasteiger partial charge on any atom is 0.347 e. The van der Waals surface area contributed by atoms with Gasteiger partial charge >= 0.3 is 5.97 Å². The van der Waals surface area contributed by atoms with E-state index in [1.807, 2.05) is 24.3 Å². The zero-order valence-electron chi connectivity index (χ0n) is 12.1. The Morgan fingerprint density at radius 2 is 1.84 bits per heavy atom. The molecule has 0 bridgehead atoms. The lowest BCUT2D eigenvalue weighted by Crippen LogP contribution is -2.26. The Morgan fingerprint density at radius 1 is 1.16 bits per heavy atom. The molecular weight excluding hydrogens is 240 g/mol. The average Bonchev–Trinajstić information content (AvgIpc) is 2.41. The second kappa shape index (κ2) is 8.57. The van der Waals surface area contributed by atoms with Crippen molar-refractivity contribution < 1.29 is 14.3 Å². The lowest BCUT2D eigenvalue weighted by atomic mass is 10.1. The molecule has 1 atom stereocenters. The number of esters is 1. The molecule has 0 saturated heterocycles. The van der Waals surface area contributed by atoms with Crippen LogP contribution >= 0.6 is 0 Å². The molecule has 0 amide bonds. The van der Waals surface area contributed by atoms with Crippen LogP contribution in [-0.2, 0) is 16.0 Å². The first-order valence-electron chi connectivity index (χ1n) is 7.09. The fraction of sp³-hybridized carbons (Fsp3) is 0.562. The van der Waals surface area contributed by atoms with Gasteiger partial charge in [-0.05, 0) is 37.5 Å². The van der Waals surface area contributed by atoms with Gasteiger partial charge in [0.2, 0.25) is 0 Å². The molecule has 106 valence electrons. The van der Waals surface area contributed by atoms with Crippen molar-refractivity contribution >= 4 is 5.97 Å². The first-order valence-corrected chi connectivity index (χ1v) is 7.09. The Bertz CT molecular complexity index is 370. The topological polar surface area (TPSA) is 35.5 Å². The Hall–Kier alpha value is -1.51. The molecule has 3 nitrogen and oxygen atoms in total. The van der Waals surface area contributed by atoms with E-state index >= 15 is 0 Å². The van der Waals surface area contributed by atoms with E-state index < -0.39 is 6.10 Å². The fourth-order valence-corrected chi connectivity index (χ4v) is 1.71. The number of carbonyl (C=O) groups is 1. The Kier molecular flexibility index (Phi) is 7.01. The minimum absolute atomic E-state index is 0.300. The van der Waals surface area contributed by atoms with Crippen LogP contribution in [0.1, 0.15) is 45.6 Å². The van der Waals surface area contributed by atoms with E-state index in [1.165, 1.54) is 5.56 Å². The third-order valence-corrected chi connectivity index (χ3v) is 2.85. The molecule has 0 saturated carbocycles. The summed E-state index contributed by atoms with van der Waals surface area (Å²) < 4.78 is 10.7. The van der Waals surface area contributed by atoms with Gasteiger partial charge in [0, 0.05) is 0 Å². The number of rotatable bonds is 8. The van der Waals surface area contributed by atoms with Crippen LogP contribution in [0.15, 0.2) is 24.3 Å². The number of carbonyl (C=O) groups excluding carboxylic acids is 1. The normalized spacial score (nSPS) is 11.9. The van der Waals surface area contributed by atoms with Gasteiger partial charge in [-0.3, -0.25) is 0 Å². The van der Waals surface area contributed by atoms with E-state index in [4.69, 9.17) is 9.47 Å². The van der Waals surface area contributed by atoms with Crippen LogP contribution in [0.3, 0.4) is 0 Å². The number of ether oxygens (including phenoxy) is 2. The molecule has 0 spiro atoms. The first kappa shape index (κ1) is 15.5. The van der Waals surface area contributed by atoms with E-state index in [0.29, 0.717) is 12.4 Å². The summed E-state index contributed by atoms with van der Waals surface area (Å²) in [7, 11) is 0. The van der Waals surface area contributed by atoms with Crippen molar-refractivity contribution in [2.45, 2.75) is 52.6 Å². The van der Waals surface area contributed by atoms with Crippen molar-refractivity contribution in [3.05, 3.63) is 29.8 Å². The Balaban J connectivity index is 2.42. The maximum atomic E-state index is 11.6. The third kappa shape index (κ3) is 5.77. The summed E-state index contributed by atoms with van der Waals surface area (Å²) in [6.45, 7) is 6.40. The van der Waals surface area contributed by atoms with Gasteiger partial charge in [-0.2, -0.15) is 0 Å². The van der Waals surface area contributed by atoms with E-state index in [-0.39, 0.29) is 5.97 Å². The first-order chi connectivity index (χ1) is 9.17. The summed E-state index contributed by atoms with van der Waals surface area (Å²) in [4.78, 5) is 11.6. The zero-order chi connectivity index (χ0) is 14.1. The molecule has 0 N–H and O–H groups in total. The summed E-state index contributed by atoms with van der Waals surface area (Å²) in [5, 5.41) is 0. The molecule has 0 aliphatic carbocycles. The van der Waals surface area contributed by atoms with Crippen molar-refractivity contribution in [3.8, 4) is 5.75 Å². The van der Waals surface area contributed by atoms with Gasteiger partial charge in [-0.25, -0.2) is 4.79 Å². The van der Waals surface area contributed by atoms with Gasteiger partial charge < -0.3 is 9.47 Å². The van der Waals surface area contributed by atoms with Gasteiger partial charge in [0.25, 0.3) is 0 Å². The number of hydrogen-bond donors (Lipinski definition) is 0. The minimum Gasteiger partial charge on any atom is -0.479 e. The van der Waals surface area contributed by atoms with Crippen LogP contribution in [0.25, 0.3) is 0 Å². The highest BCUT2D eigenvalue weighted by Gasteiger charge is 2.15. The molecule has 0 fully saturated rings.